The molecule has 0 bridgehead atoms. The number of hydrogen-bond acceptors (Lipinski definition) is 4. The Bertz CT molecular complexity index is 977. The van der Waals surface area contributed by atoms with Gasteiger partial charge in [-0.1, -0.05) is 28.1 Å². The fraction of sp³-hybridized carbons (Fsp3) is 0.263. The minimum absolute atomic E-state index is 0.104. The zero-order valence-corrected chi connectivity index (χ0v) is 15.6. The van der Waals surface area contributed by atoms with E-state index in [4.69, 9.17) is 4.98 Å². The van der Waals surface area contributed by atoms with Crippen molar-refractivity contribution in [3.05, 3.63) is 57.3 Å². The van der Waals surface area contributed by atoms with Gasteiger partial charge in [0.15, 0.2) is 0 Å². The molecule has 1 saturated heterocycles. The highest BCUT2D eigenvalue weighted by atomic mass is 79.9. The van der Waals surface area contributed by atoms with Crippen molar-refractivity contribution in [3.8, 4) is 11.4 Å². The molecule has 0 spiro atoms. The van der Waals surface area contributed by atoms with Crippen LogP contribution in [0.4, 0.5) is 5.69 Å². The molecule has 0 radical (unpaired) electrons. The third-order valence-electron chi connectivity index (χ3n) is 4.67. The van der Waals surface area contributed by atoms with Crippen molar-refractivity contribution >= 4 is 32.5 Å². The molecular weight excluding hydrogens is 380 g/mol. The van der Waals surface area contributed by atoms with Gasteiger partial charge in [-0.2, -0.15) is 0 Å². The van der Waals surface area contributed by atoms with Gasteiger partial charge >= 0.3 is 0 Å². The van der Waals surface area contributed by atoms with Crippen LogP contribution in [-0.4, -0.2) is 48.1 Å². The van der Waals surface area contributed by atoms with Crippen LogP contribution in [0.2, 0.25) is 0 Å². The van der Waals surface area contributed by atoms with Crippen LogP contribution in [0.15, 0.2) is 51.7 Å². The smallest absolute Gasteiger partial charge is 0.259 e. The number of fused-ring (bicyclic) bond motifs is 1. The normalized spacial score (nSPS) is 15.7. The molecule has 0 aliphatic carbocycles. The van der Waals surface area contributed by atoms with E-state index in [-0.39, 0.29) is 5.56 Å². The zero-order chi connectivity index (χ0) is 17.4. The number of halogens is 1. The number of H-pyrrole nitrogens is 1. The average molecular weight is 399 g/mol. The summed E-state index contributed by atoms with van der Waals surface area (Å²) in [6.07, 6.45) is 0. The number of piperazine rings is 1. The number of benzene rings is 2. The topological polar surface area (TPSA) is 52.2 Å². The summed E-state index contributed by atoms with van der Waals surface area (Å²) in [5, 5.41) is 0.615. The van der Waals surface area contributed by atoms with Crippen LogP contribution in [0, 0.1) is 0 Å². The summed E-state index contributed by atoms with van der Waals surface area (Å²) >= 11 is 3.57. The Morgan fingerprint density at radius 1 is 1.08 bits per heavy atom. The summed E-state index contributed by atoms with van der Waals surface area (Å²) in [7, 11) is 2.14. The molecule has 1 aliphatic heterocycles. The number of aromatic nitrogens is 2. The van der Waals surface area contributed by atoms with Gasteiger partial charge in [0.25, 0.3) is 5.56 Å². The lowest BCUT2D eigenvalue weighted by molar-refractivity contribution is 0.313. The molecule has 0 unspecified atom stereocenters. The predicted octanol–water partition coefficient (Wildman–Crippen LogP) is 3.10. The fourth-order valence-electron chi connectivity index (χ4n) is 3.23. The molecule has 0 saturated carbocycles. The molecule has 6 heteroatoms. The second-order valence-corrected chi connectivity index (χ2v) is 7.30. The summed E-state index contributed by atoms with van der Waals surface area (Å²) in [4.78, 5) is 24.8. The number of hydrogen-bond donors (Lipinski definition) is 1. The highest BCUT2D eigenvalue weighted by Crippen LogP contribution is 2.32. The van der Waals surface area contributed by atoms with Gasteiger partial charge in [0.1, 0.15) is 5.82 Å². The molecule has 128 valence electrons. The van der Waals surface area contributed by atoms with Crippen LogP contribution >= 0.6 is 15.9 Å². The maximum absolute atomic E-state index is 12.4. The van der Waals surface area contributed by atoms with Crippen LogP contribution in [0.3, 0.4) is 0 Å². The second-order valence-electron chi connectivity index (χ2n) is 6.38. The zero-order valence-electron chi connectivity index (χ0n) is 14.0. The number of para-hydroxylation sites is 1. The van der Waals surface area contributed by atoms with Gasteiger partial charge < -0.3 is 14.8 Å². The van der Waals surface area contributed by atoms with Crippen molar-refractivity contribution in [3.63, 3.8) is 0 Å². The number of nitrogens with zero attached hydrogens (tertiary/aromatic N) is 3. The first-order valence-electron chi connectivity index (χ1n) is 8.34. The summed E-state index contributed by atoms with van der Waals surface area (Å²) in [5.41, 5.74) is 2.66. The molecule has 2 heterocycles. The van der Waals surface area contributed by atoms with E-state index in [0.717, 1.165) is 41.9 Å². The van der Waals surface area contributed by atoms with E-state index in [1.54, 1.807) is 6.07 Å². The van der Waals surface area contributed by atoms with Gasteiger partial charge in [0, 0.05) is 41.9 Å². The van der Waals surface area contributed by atoms with Crippen LogP contribution in [0.5, 0.6) is 0 Å². The van der Waals surface area contributed by atoms with Crippen molar-refractivity contribution < 1.29 is 0 Å². The molecular formula is C19H19BrN4O. The summed E-state index contributed by atoms with van der Waals surface area (Å²) < 4.78 is 1.02. The Morgan fingerprint density at radius 2 is 1.84 bits per heavy atom. The maximum atomic E-state index is 12.4. The monoisotopic (exact) mass is 398 g/mol. The summed E-state index contributed by atoms with van der Waals surface area (Å²) in [6, 6.07) is 13.6. The number of aromatic amines is 1. The Morgan fingerprint density at radius 3 is 2.64 bits per heavy atom. The Hall–Kier alpha value is -2.18. The van der Waals surface area contributed by atoms with E-state index < -0.39 is 0 Å². The van der Waals surface area contributed by atoms with Gasteiger partial charge in [0.2, 0.25) is 0 Å². The van der Waals surface area contributed by atoms with Gasteiger partial charge in [0.05, 0.1) is 10.9 Å². The van der Waals surface area contributed by atoms with E-state index >= 15 is 0 Å². The molecule has 5 nitrogen and oxygen atoms in total. The van der Waals surface area contributed by atoms with E-state index in [0.29, 0.717) is 16.7 Å². The average Bonchev–Trinajstić information content (AvgIpc) is 2.62. The van der Waals surface area contributed by atoms with E-state index in [9.17, 15) is 4.79 Å². The van der Waals surface area contributed by atoms with Crippen molar-refractivity contribution in [2.24, 2.45) is 0 Å². The third-order valence-corrected chi connectivity index (χ3v) is 5.16. The lowest BCUT2D eigenvalue weighted by Gasteiger charge is -2.35. The second kappa shape index (κ2) is 6.61. The molecule has 0 amide bonds. The van der Waals surface area contributed by atoms with E-state index in [1.165, 1.54) is 0 Å². The lowest BCUT2D eigenvalue weighted by atomic mass is 10.1. The molecule has 2 aromatic carbocycles. The largest absolute Gasteiger partial charge is 0.368 e. The Labute approximate surface area is 154 Å². The fourth-order valence-corrected chi connectivity index (χ4v) is 3.58. The lowest BCUT2D eigenvalue weighted by Crippen LogP contribution is -2.44. The first-order valence-corrected chi connectivity index (χ1v) is 9.13. The van der Waals surface area contributed by atoms with Crippen molar-refractivity contribution in [1.82, 2.24) is 14.9 Å². The van der Waals surface area contributed by atoms with Gasteiger partial charge in [-0.05, 0) is 37.4 Å². The quantitative estimate of drug-likeness (QED) is 0.720. The first kappa shape index (κ1) is 16.3. The standard InChI is InChI=1S/C19H19BrN4O/c1-23-8-10-24(11-9-23)17-12-13(20)6-7-15(17)18-21-16-5-3-2-4-14(16)19(25)22-18/h2-7,12H,8-11H2,1H3,(H,21,22,25). The highest BCUT2D eigenvalue weighted by Gasteiger charge is 2.19. The summed E-state index contributed by atoms with van der Waals surface area (Å²) in [5.74, 6) is 0.616. The Kier molecular flexibility index (Phi) is 4.31. The van der Waals surface area contributed by atoms with Crippen molar-refractivity contribution in [2.75, 3.05) is 38.1 Å². The number of anilines is 1. The van der Waals surface area contributed by atoms with Gasteiger partial charge in [-0.3, -0.25) is 4.79 Å². The number of rotatable bonds is 2. The highest BCUT2D eigenvalue weighted by molar-refractivity contribution is 9.10. The SMILES string of the molecule is CN1CCN(c2cc(Br)ccc2-c2nc3ccccc3c(=O)[nH]2)CC1. The third kappa shape index (κ3) is 3.19. The van der Waals surface area contributed by atoms with Gasteiger partial charge in [-0.25, -0.2) is 4.98 Å². The maximum Gasteiger partial charge on any atom is 0.259 e. The van der Waals surface area contributed by atoms with Crippen LogP contribution < -0.4 is 10.5 Å². The van der Waals surface area contributed by atoms with Crippen molar-refractivity contribution in [2.45, 2.75) is 0 Å². The van der Waals surface area contributed by atoms with Crippen LogP contribution in [0.25, 0.3) is 22.3 Å². The number of nitrogens with one attached hydrogen (secondary N) is 1. The van der Waals surface area contributed by atoms with E-state index in [1.807, 2.05) is 30.3 Å². The molecule has 1 aromatic heterocycles. The Balaban J connectivity index is 1.84. The van der Waals surface area contributed by atoms with Crippen LogP contribution in [0.1, 0.15) is 0 Å². The molecule has 1 N–H and O–H groups in total. The first-order chi connectivity index (χ1) is 12.1. The molecule has 1 aliphatic rings. The molecule has 0 atom stereocenters. The minimum atomic E-state index is -0.104. The molecule has 25 heavy (non-hydrogen) atoms. The molecule has 4 rings (SSSR count). The van der Waals surface area contributed by atoms with Gasteiger partial charge in [-0.15, -0.1) is 0 Å². The van der Waals surface area contributed by atoms with Crippen LogP contribution in [-0.2, 0) is 0 Å². The van der Waals surface area contributed by atoms with Crippen molar-refractivity contribution in [1.29, 1.82) is 0 Å². The molecule has 3 aromatic rings. The summed E-state index contributed by atoms with van der Waals surface area (Å²) in [6.45, 7) is 3.96. The molecule has 1 fully saturated rings. The predicted molar refractivity (Wildman–Crippen MR) is 105 cm³/mol. The van der Waals surface area contributed by atoms with E-state index in [2.05, 4.69) is 43.8 Å². The minimum Gasteiger partial charge on any atom is -0.368 e. The number of likely N-dealkylation sites (N-methyl/N-ethyl adjacent to an activating group) is 1.